The first-order chi connectivity index (χ1) is 59.4. The lowest BCUT2D eigenvalue weighted by Gasteiger charge is -2.42. The number of imidazole rings is 1. The molecule has 1 aliphatic carbocycles. The van der Waals surface area contributed by atoms with Gasteiger partial charge in [-0.25, -0.2) is 4.98 Å². The van der Waals surface area contributed by atoms with E-state index in [4.69, 9.17) is 13.8 Å². The molecule has 0 unspecified atom stereocenters. The third-order valence-electron chi connectivity index (χ3n) is 22.4. The summed E-state index contributed by atoms with van der Waals surface area (Å²) in [7, 11) is -6.34. The zero-order valence-electron chi connectivity index (χ0n) is 83.2. The van der Waals surface area contributed by atoms with Crippen molar-refractivity contribution in [1.82, 2.24) is 14.1 Å². The van der Waals surface area contributed by atoms with Crippen LogP contribution in [0.15, 0.2) is 279 Å². The molecular formula is C102H98N4OSi. The van der Waals surface area contributed by atoms with Crippen molar-refractivity contribution in [2.24, 2.45) is 0 Å². The lowest BCUT2D eigenvalue weighted by Crippen LogP contribution is -2.74. The van der Waals surface area contributed by atoms with E-state index >= 15 is 0 Å². The number of hydrogen-bond donors (Lipinski definition) is 0. The fourth-order valence-electron chi connectivity index (χ4n) is 16.2. The first kappa shape index (κ1) is 51.4. The van der Waals surface area contributed by atoms with Crippen molar-refractivity contribution in [1.29, 1.82) is 0 Å². The molecule has 536 valence electrons. The van der Waals surface area contributed by atoms with E-state index in [0.717, 1.165) is 102 Å². The Balaban J connectivity index is 1.07. The zero-order chi connectivity index (χ0) is 91.7. The molecule has 5 nitrogen and oxygen atoms in total. The number of pyridine rings is 1. The van der Waals surface area contributed by atoms with E-state index in [-0.39, 0.29) is 32.6 Å². The third kappa shape index (κ3) is 12.0. The minimum absolute atomic E-state index is 0.00400. The Kier molecular flexibility index (Phi) is 12.2. The fourth-order valence-corrected chi connectivity index (χ4v) is 19.7. The molecule has 12 aromatic carbocycles. The molecule has 3 aromatic heterocycles. The maximum atomic E-state index is 11.4. The summed E-state index contributed by atoms with van der Waals surface area (Å²) in [4.78, 5) is 4.97. The normalized spacial score (nSPS) is 16.6. The van der Waals surface area contributed by atoms with Crippen LogP contribution >= 0.6 is 0 Å². The Labute approximate surface area is 667 Å². The van der Waals surface area contributed by atoms with Gasteiger partial charge in [0.15, 0.2) is 8.07 Å². The van der Waals surface area contributed by atoms with Gasteiger partial charge in [-0.15, -0.1) is 0 Å². The molecule has 4 heterocycles. The predicted octanol–water partition coefficient (Wildman–Crippen LogP) is 23.6. The van der Waals surface area contributed by atoms with Crippen LogP contribution in [0.25, 0.3) is 106 Å². The Hall–Kier alpha value is -10.9. The molecule has 108 heavy (non-hydrogen) atoms. The molecule has 15 aromatic rings. The van der Waals surface area contributed by atoms with Crippen molar-refractivity contribution in [3.05, 3.63) is 318 Å². The highest BCUT2D eigenvalue weighted by Gasteiger charge is 2.43. The maximum Gasteiger partial charge on any atom is 0.269 e. The van der Waals surface area contributed by atoms with Gasteiger partial charge in [-0.3, -0.25) is 13.7 Å². The summed E-state index contributed by atoms with van der Waals surface area (Å²) in [5.41, 5.74) is 14.5. The van der Waals surface area contributed by atoms with Gasteiger partial charge in [0.2, 0.25) is 0 Å². The summed E-state index contributed by atoms with van der Waals surface area (Å²) in [5, 5.41) is -1.72. The summed E-state index contributed by atoms with van der Waals surface area (Å²) in [6.07, 6.45) is 7.66. The molecule has 0 fully saturated rings. The summed E-state index contributed by atoms with van der Waals surface area (Å²) in [6.45, 7) is 35.7. The second-order valence-corrected chi connectivity index (χ2v) is 38.2. The minimum Gasteiger partial charge on any atom is -0.458 e. The molecule has 17 rings (SSSR count). The van der Waals surface area contributed by atoms with E-state index in [1.807, 2.05) is 89.6 Å². The Morgan fingerprint density at radius 3 is 1.56 bits per heavy atom. The van der Waals surface area contributed by atoms with Crippen molar-refractivity contribution in [2.75, 3.05) is 0 Å². The highest BCUT2D eigenvalue weighted by atomic mass is 28.3. The molecule has 0 bridgehead atoms. The molecule has 0 radical (unpaired) electrons. The Morgan fingerprint density at radius 1 is 0.417 bits per heavy atom. The molecule has 6 heteroatoms. The summed E-state index contributed by atoms with van der Waals surface area (Å²) < 4.78 is 200. The number of fused-ring (bicyclic) bond motifs is 11. The Morgan fingerprint density at radius 2 is 0.954 bits per heavy atom. The van der Waals surface area contributed by atoms with Crippen LogP contribution in [0, 0.1) is 6.33 Å². The van der Waals surface area contributed by atoms with Gasteiger partial charge in [-0.05, 0) is 216 Å². The van der Waals surface area contributed by atoms with E-state index in [2.05, 4.69) is 193 Å². The maximum absolute atomic E-state index is 11.4. The smallest absolute Gasteiger partial charge is 0.269 e. The first-order valence-electron chi connectivity index (χ1n) is 46.7. The lowest BCUT2D eigenvalue weighted by atomic mass is 9.62. The van der Waals surface area contributed by atoms with Crippen LogP contribution in [0.1, 0.15) is 183 Å². The fraction of sp³-hybridized carbons (Fsp3) is 0.235. The van der Waals surface area contributed by atoms with Gasteiger partial charge in [0.05, 0.1) is 59.5 Å². The zero-order valence-corrected chi connectivity index (χ0v) is 65.2. The highest BCUT2D eigenvalue weighted by molar-refractivity contribution is 7.20. The van der Waals surface area contributed by atoms with Crippen molar-refractivity contribution >= 4 is 61.7 Å². The third-order valence-corrected chi connectivity index (χ3v) is 26.4. The average Bonchev–Trinajstić information content (AvgIpc) is 0.727. The molecule has 0 saturated heterocycles. The van der Waals surface area contributed by atoms with Crippen LogP contribution < -0.4 is 30.1 Å². The Bertz CT molecular complexity index is 7010. The average molecular weight is 1440 g/mol. The number of para-hydroxylation sites is 1. The molecule has 0 saturated carbocycles. The highest BCUT2D eigenvalue weighted by Crippen LogP contribution is 2.54. The summed E-state index contributed by atoms with van der Waals surface area (Å²) in [5.74, 6) is 1.62. The predicted molar refractivity (Wildman–Crippen MR) is 457 cm³/mol. The molecular weight excluding hydrogens is 1330 g/mol. The molecule has 0 amide bonds. The largest absolute Gasteiger partial charge is 0.458 e. The standard InChI is InChI=1S/C102H98N4OSi/c1-97(2,3)69-48-51-103-94(60-69)106-91-45-29-28-44-82(91)83-47-46-75(62-92(83)106)107-74-34-31-33-73(61-74)104-65-105-95-84(68-52-70(98(4,5)6)57-71(53-68)99(7,8)9)58-72(100(10,11)12)59-88(95)86-64-90-89(101(13,14)49-50-102(90,15)16)63-85(86)80-42-26-27-43-81(80)87-55-67(56-93(104)96(87)105)66-32-30-41-79(54-66)108(76-35-20-17-21-36-76,77-37-22-18-23-38-77)78-39-24-19-25-40-78/h17-48,51-64H,49-50H2,1-16H3/i17D,18D,19D,20D,21D,22D,23D,24D,25D,30D,32D,35D,36D,37D,38D,39D,40D,41D,54D. The second-order valence-electron chi connectivity index (χ2n) is 34.7. The SMILES string of the molecule is [2H]c1c([2H])c([2H])c([Si](c2c([2H])c([2H])c([2H])c([2H])c2[2H])(c2c([2H])c([2H])c([2H])c([2H])c2[2H])c2c([2H])c([2H])c([2H])c(-c3cc4c5c(c3)n(-c3cccc(Oc6ccc7c8ccccc8n(-c8cc(C(C)(C)C)ccn8)c7c6)c3)[c-][n+]5-c3c(-c5cc(C(C)(C)C)cc(C(C)(C)C)c5)cc(C(C)(C)C)cc3-c3cc5c(cc3-c3ccccc3-4)C(C)(C)CCC5(C)C)c2[2H])c([2H])c1[2H]. The van der Waals surface area contributed by atoms with E-state index in [9.17, 15) is 21.9 Å². The number of benzene rings is 12. The number of nitrogens with zero attached hydrogens (tertiary/aromatic N) is 4. The molecule has 0 spiro atoms. The second kappa shape index (κ2) is 25.6. The van der Waals surface area contributed by atoms with E-state index in [0.29, 0.717) is 39.3 Å². The monoisotopic (exact) mass is 1440 g/mol. The molecule has 1 aliphatic heterocycles. The van der Waals surface area contributed by atoms with Crippen LogP contribution in [0.5, 0.6) is 11.5 Å². The van der Waals surface area contributed by atoms with Gasteiger partial charge in [-0.1, -0.05) is 317 Å². The minimum atomic E-state index is -6.34. The van der Waals surface area contributed by atoms with Gasteiger partial charge in [0.1, 0.15) is 17.3 Å². The topological polar surface area (TPSA) is 35.9 Å². The van der Waals surface area contributed by atoms with Gasteiger partial charge < -0.3 is 4.74 Å². The van der Waals surface area contributed by atoms with Gasteiger partial charge in [-0.2, -0.15) is 0 Å². The van der Waals surface area contributed by atoms with Crippen LogP contribution in [0.3, 0.4) is 0 Å². The van der Waals surface area contributed by atoms with E-state index < -0.39 is 155 Å². The van der Waals surface area contributed by atoms with Gasteiger partial charge in [0.25, 0.3) is 6.33 Å². The number of aromatic nitrogens is 4. The van der Waals surface area contributed by atoms with Crippen molar-refractivity contribution < 1.29 is 35.3 Å². The quantitative estimate of drug-likeness (QED) is 0.0592. The van der Waals surface area contributed by atoms with Crippen molar-refractivity contribution in [2.45, 2.75) is 156 Å². The van der Waals surface area contributed by atoms with Crippen molar-refractivity contribution in [3.63, 3.8) is 0 Å². The lowest BCUT2D eigenvalue weighted by molar-refractivity contribution is -0.570. The van der Waals surface area contributed by atoms with E-state index in [1.54, 1.807) is 12.1 Å². The van der Waals surface area contributed by atoms with Gasteiger partial charge in [0, 0.05) is 23.0 Å². The molecule has 0 N–H and O–H groups in total. The van der Waals surface area contributed by atoms with Gasteiger partial charge >= 0.3 is 0 Å². The first-order valence-corrected chi connectivity index (χ1v) is 39.2. The molecule has 0 atom stereocenters. The van der Waals surface area contributed by atoms with E-state index in [1.165, 1.54) is 11.1 Å². The van der Waals surface area contributed by atoms with Crippen LogP contribution in [-0.4, -0.2) is 22.2 Å². The number of rotatable bonds is 10. The van der Waals surface area contributed by atoms with Crippen molar-refractivity contribution in [3.8, 4) is 84.3 Å². The number of hydrogen-bond acceptors (Lipinski definition) is 2. The van der Waals surface area contributed by atoms with Crippen LogP contribution in [0.4, 0.5) is 0 Å². The number of ether oxygens (including phenoxy) is 1. The molecule has 2 aliphatic rings. The van der Waals surface area contributed by atoms with Crippen LogP contribution in [-0.2, 0) is 32.5 Å². The summed E-state index contributed by atoms with van der Waals surface area (Å²) >= 11 is 0. The van der Waals surface area contributed by atoms with Crippen LogP contribution in [0.2, 0.25) is 0 Å². The summed E-state index contributed by atoms with van der Waals surface area (Å²) in [6, 6.07) is 34.1.